The number of allylic oxidation sites excluding steroid dienone is 1. The van der Waals surface area contributed by atoms with E-state index in [1.54, 1.807) is 0 Å². The molecule has 1 aliphatic heterocycles. The van der Waals surface area contributed by atoms with Gasteiger partial charge in [0.05, 0.1) is 0 Å². The maximum absolute atomic E-state index is 7.81. The van der Waals surface area contributed by atoms with Crippen LogP contribution in [0, 0.1) is 0 Å². The fourth-order valence-corrected chi connectivity index (χ4v) is 23.8. The van der Waals surface area contributed by atoms with Crippen molar-refractivity contribution in [3.05, 3.63) is 107 Å². The first-order chi connectivity index (χ1) is 18.4. The number of benzene rings is 4. The SMILES string of the molecule is CCC1=Cc2c(ccc(CC)c2-c2ccccc2C(C)C)[CH]1[Zr]([Cl])([Cl])[c]1cccc2c1[SiH2]c1ccccc1-2. The fraction of sp³-hybridized carbons (Fsp3) is 0.235. The van der Waals surface area contributed by atoms with Gasteiger partial charge in [0.25, 0.3) is 0 Å². The monoisotopic (exact) mass is 630 g/mol. The summed E-state index contributed by atoms with van der Waals surface area (Å²) in [5, 5.41) is 3.01. The van der Waals surface area contributed by atoms with Crippen LogP contribution in [0.5, 0.6) is 0 Å². The van der Waals surface area contributed by atoms with Gasteiger partial charge in [-0.1, -0.05) is 0 Å². The normalized spacial score (nSPS) is 16.5. The third-order valence-electron chi connectivity index (χ3n) is 8.59. The summed E-state index contributed by atoms with van der Waals surface area (Å²) < 4.78 is 1.44. The Kier molecular flexibility index (Phi) is 7.23. The van der Waals surface area contributed by atoms with Gasteiger partial charge in [-0.05, 0) is 0 Å². The molecule has 0 fully saturated rings. The predicted octanol–water partition coefficient (Wildman–Crippen LogP) is 7.77. The van der Waals surface area contributed by atoms with Crippen LogP contribution in [0.15, 0.2) is 84.4 Å². The van der Waals surface area contributed by atoms with Gasteiger partial charge in [-0.25, -0.2) is 0 Å². The minimum absolute atomic E-state index is 0.132. The summed E-state index contributed by atoms with van der Waals surface area (Å²) in [5.74, 6) is 0.455. The zero-order chi connectivity index (χ0) is 26.6. The van der Waals surface area contributed by atoms with Gasteiger partial charge in [0.15, 0.2) is 0 Å². The number of aryl methyl sites for hydroxylation is 1. The Morgan fingerprint density at radius 2 is 1.50 bits per heavy atom. The number of hydrogen-bond acceptors (Lipinski definition) is 0. The van der Waals surface area contributed by atoms with Crippen molar-refractivity contribution in [3.63, 3.8) is 0 Å². The van der Waals surface area contributed by atoms with Crippen LogP contribution in [0.4, 0.5) is 0 Å². The molecule has 38 heavy (non-hydrogen) atoms. The molecule has 2 aliphatic rings. The molecule has 0 amide bonds. The van der Waals surface area contributed by atoms with E-state index >= 15 is 0 Å². The molecule has 1 aliphatic carbocycles. The van der Waals surface area contributed by atoms with Gasteiger partial charge in [0.1, 0.15) is 0 Å². The molecule has 0 radical (unpaired) electrons. The second-order valence-corrected chi connectivity index (χ2v) is 26.8. The molecule has 1 heterocycles. The molecule has 0 aromatic heterocycles. The molecule has 0 saturated heterocycles. The molecule has 1 unspecified atom stereocenters. The van der Waals surface area contributed by atoms with E-state index in [0.29, 0.717) is 5.92 Å². The maximum atomic E-state index is 7.81. The number of halogens is 2. The van der Waals surface area contributed by atoms with E-state index in [1.165, 1.54) is 63.7 Å². The van der Waals surface area contributed by atoms with Crippen molar-refractivity contribution >= 4 is 46.3 Å². The van der Waals surface area contributed by atoms with Crippen molar-refractivity contribution in [2.75, 3.05) is 0 Å². The van der Waals surface area contributed by atoms with Gasteiger partial charge in [0.2, 0.25) is 0 Å². The van der Waals surface area contributed by atoms with Crippen LogP contribution in [-0.4, -0.2) is 9.52 Å². The Balaban J connectivity index is 1.54. The van der Waals surface area contributed by atoms with Crippen molar-refractivity contribution in [2.24, 2.45) is 0 Å². The van der Waals surface area contributed by atoms with Crippen LogP contribution < -0.4 is 13.6 Å². The fourth-order valence-electron chi connectivity index (χ4n) is 6.76. The van der Waals surface area contributed by atoms with Gasteiger partial charge in [-0.15, -0.1) is 0 Å². The minimum atomic E-state index is -3.93. The van der Waals surface area contributed by atoms with E-state index in [9.17, 15) is 0 Å². The summed E-state index contributed by atoms with van der Waals surface area (Å²) in [7, 11) is 15.0. The van der Waals surface area contributed by atoms with Crippen molar-refractivity contribution in [2.45, 2.75) is 50.1 Å². The molecular weight excluding hydrogens is 599 g/mol. The molecular formula is C34H34Cl2SiZr. The standard InChI is InChI=1S/C22H25.C12H9Si.2ClH.Zr/c1-5-16-13-18-12-11-17(6-2)22(21(18)14-16)20-10-8-7-9-19(20)15(3)4;1-3-7-11-9(5-1)10-6-2-4-8-12(10)13-11;;;/h7-15H,5-6H2,1-4H3;1-7H,13H2;2*1H;/q;;;;+2/p-2. The molecule has 4 heteroatoms. The van der Waals surface area contributed by atoms with Gasteiger partial charge in [-0.2, -0.15) is 0 Å². The second-order valence-electron chi connectivity index (χ2n) is 11.0. The van der Waals surface area contributed by atoms with E-state index in [1.807, 2.05) is 0 Å². The summed E-state index contributed by atoms with van der Waals surface area (Å²) in [4.78, 5) is 0. The molecule has 0 nitrogen and oxygen atoms in total. The Bertz CT molecular complexity index is 1580. The number of hydrogen-bond donors (Lipinski definition) is 0. The molecule has 1 atom stereocenters. The molecule has 4 aromatic rings. The topological polar surface area (TPSA) is 0 Å². The summed E-state index contributed by atoms with van der Waals surface area (Å²) >= 11 is -3.93. The van der Waals surface area contributed by atoms with E-state index in [4.69, 9.17) is 17.0 Å². The Labute approximate surface area is 241 Å². The van der Waals surface area contributed by atoms with Gasteiger partial charge >= 0.3 is 243 Å². The number of rotatable bonds is 6. The number of fused-ring (bicyclic) bond motifs is 4. The van der Waals surface area contributed by atoms with E-state index in [0.717, 1.165) is 12.8 Å². The van der Waals surface area contributed by atoms with Crippen LogP contribution in [0.1, 0.15) is 65.9 Å². The first-order valence-electron chi connectivity index (χ1n) is 13.9. The van der Waals surface area contributed by atoms with Crippen molar-refractivity contribution in [1.29, 1.82) is 0 Å². The van der Waals surface area contributed by atoms with Crippen molar-refractivity contribution < 1.29 is 17.9 Å². The van der Waals surface area contributed by atoms with Crippen LogP contribution in [0.25, 0.3) is 28.3 Å². The Morgan fingerprint density at radius 1 is 0.789 bits per heavy atom. The molecule has 192 valence electrons. The predicted molar refractivity (Wildman–Crippen MR) is 167 cm³/mol. The first kappa shape index (κ1) is 26.5. The average molecular weight is 633 g/mol. The quantitative estimate of drug-likeness (QED) is 0.168. The Hall–Kier alpha value is -1.70. The van der Waals surface area contributed by atoms with E-state index < -0.39 is 27.4 Å². The van der Waals surface area contributed by atoms with Crippen molar-refractivity contribution in [3.8, 4) is 22.3 Å². The molecule has 0 N–H and O–H groups in total. The summed E-state index contributed by atoms with van der Waals surface area (Å²) in [6.45, 7) is 9.12. The average Bonchev–Trinajstić information content (AvgIpc) is 3.51. The van der Waals surface area contributed by atoms with Gasteiger partial charge in [0, 0.05) is 0 Å². The molecule has 0 spiro atoms. The van der Waals surface area contributed by atoms with Crippen LogP contribution in [-0.2, 0) is 24.3 Å². The summed E-state index contributed by atoms with van der Waals surface area (Å²) in [5.41, 5.74) is 12.4. The summed E-state index contributed by atoms with van der Waals surface area (Å²) in [6.07, 6.45) is 4.43. The van der Waals surface area contributed by atoms with Crippen molar-refractivity contribution in [1.82, 2.24) is 0 Å². The third kappa shape index (κ3) is 4.19. The van der Waals surface area contributed by atoms with Gasteiger partial charge < -0.3 is 0 Å². The third-order valence-corrected chi connectivity index (χ3v) is 22.9. The molecule has 0 bridgehead atoms. The second kappa shape index (κ2) is 10.4. The molecule has 6 rings (SSSR count). The van der Waals surface area contributed by atoms with Crippen LogP contribution >= 0.6 is 17.0 Å². The van der Waals surface area contributed by atoms with E-state index in [2.05, 4.69) is 113 Å². The first-order valence-corrected chi connectivity index (χ1v) is 24.3. The summed E-state index contributed by atoms with van der Waals surface area (Å²) in [6, 6.07) is 29.3. The Morgan fingerprint density at radius 3 is 2.24 bits per heavy atom. The molecule has 4 aromatic carbocycles. The molecule has 0 saturated carbocycles. The van der Waals surface area contributed by atoms with Crippen LogP contribution in [0.3, 0.4) is 0 Å². The van der Waals surface area contributed by atoms with Gasteiger partial charge in [-0.3, -0.25) is 0 Å². The van der Waals surface area contributed by atoms with E-state index in [-0.39, 0.29) is 3.63 Å². The van der Waals surface area contributed by atoms with Crippen LogP contribution in [0.2, 0.25) is 0 Å². The zero-order valence-corrected chi connectivity index (χ0v) is 28.0. The zero-order valence-electron chi connectivity index (χ0n) is 22.6.